The van der Waals surface area contributed by atoms with E-state index in [1.165, 1.54) is 0 Å². The third-order valence-electron chi connectivity index (χ3n) is 5.70. The number of hydrogen-bond donors (Lipinski definition) is 1. The molecule has 1 aromatic rings. The van der Waals surface area contributed by atoms with Gasteiger partial charge in [0.25, 0.3) is 5.91 Å². The maximum atomic E-state index is 12.9. The van der Waals surface area contributed by atoms with Crippen LogP contribution in [0.4, 0.5) is 0 Å². The number of rotatable bonds is 4. The number of carbonyl (C=O) groups is 2. The third kappa shape index (κ3) is 3.53. The number of hydrogen-bond acceptors (Lipinski definition) is 6. The Morgan fingerprint density at radius 1 is 1.41 bits per heavy atom. The minimum Gasteiger partial charge on any atom is -0.490 e. The molecule has 27 heavy (non-hydrogen) atoms. The second kappa shape index (κ2) is 7.48. The molecule has 1 spiro atoms. The summed E-state index contributed by atoms with van der Waals surface area (Å²) in [5.74, 6) is 0.0683. The standard InChI is InChI=1S/C20H26N2O5/c1-2-26-19(24)16-10-22(9-14-7-8-25-11-14)12-20(16)13-27-17-6-4-3-5-15(17)18(23)21-20/h3-6,14,16H,2,7-13H2,1H3,(H,21,23)/t14?,16-,20-/m0/s1. The van der Waals surface area contributed by atoms with E-state index in [0.29, 0.717) is 36.9 Å². The minimum absolute atomic E-state index is 0.205. The topological polar surface area (TPSA) is 77.1 Å². The van der Waals surface area contributed by atoms with Crippen molar-refractivity contribution < 1.29 is 23.8 Å². The number of para-hydroxylation sites is 1. The van der Waals surface area contributed by atoms with Crippen molar-refractivity contribution >= 4 is 11.9 Å². The van der Waals surface area contributed by atoms with Gasteiger partial charge in [-0.15, -0.1) is 0 Å². The predicted octanol–water partition coefficient (Wildman–Crippen LogP) is 1.08. The van der Waals surface area contributed by atoms with Crippen LogP contribution in [0.2, 0.25) is 0 Å². The van der Waals surface area contributed by atoms with Crippen LogP contribution >= 0.6 is 0 Å². The number of carbonyl (C=O) groups excluding carboxylic acids is 2. The Balaban J connectivity index is 1.59. The zero-order chi connectivity index (χ0) is 18.9. The van der Waals surface area contributed by atoms with Crippen LogP contribution in [0.5, 0.6) is 5.75 Å². The Kier molecular flexibility index (Phi) is 5.06. The summed E-state index contributed by atoms with van der Waals surface area (Å²) in [7, 11) is 0. The summed E-state index contributed by atoms with van der Waals surface area (Å²) in [6.07, 6.45) is 1.03. The lowest BCUT2D eigenvalue weighted by Crippen LogP contribution is -2.59. The summed E-state index contributed by atoms with van der Waals surface area (Å²) in [6.45, 7) is 5.86. The molecular weight excluding hydrogens is 348 g/mol. The molecule has 0 saturated carbocycles. The van der Waals surface area contributed by atoms with E-state index in [-0.39, 0.29) is 18.5 Å². The third-order valence-corrected chi connectivity index (χ3v) is 5.70. The van der Waals surface area contributed by atoms with Crippen molar-refractivity contribution in [2.24, 2.45) is 11.8 Å². The van der Waals surface area contributed by atoms with E-state index < -0.39 is 11.5 Å². The second-order valence-corrected chi connectivity index (χ2v) is 7.62. The normalized spacial score (nSPS) is 30.5. The van der Waals surface area contributed by atoms with Crippen LogP contribution in [0.1, 0.15) is 23.7 Å². The fourth-order valence-corrected chi connectivity index (χ4v) is 4.37. The fraction of sp³-hybridized carbons (Fsp3) is 0.600. The number of nitrogens with zero attached hydrogens (tertiary/aromatic N) is 1. The first kappa shape index (κ1) is 18.3. The van der Waals surface area contributed by atoms with Crippen molar-refractivity contribution in [3.05, 3.63) is 29.8 Å². The summed E-state index contributed by atoms with van der Waals surface area (Å²) >= 11 is 0. The molecule has 0 aliphatic carbocycles. The number of esters is 1. The van der Waals surface area contributed by atoms with Gasteiger partial charge in [0.1, 0.15) is 17.9 Å². The van der Waals surface area contributed by atoms with Gasteiger partial charge < -0.3 is 19.5 Å². The van der Waals surface area contributed by atoms with Gasteiger partial charge in [0.15, 0.2) is 0 Å². The molecule has 3 atom stereocenters. The number of likely N-dealkylation sites (tertiary alicyclic amines) is 1. The Morgan fingerprint density at radius 2 is 2.26 bits per heavy atom. The molecule has 1 unspecified atom stereocenters. The monoisotopic (exact) mass is 374 g/mol. The average Bonchev–Trinajstić information content (AvgIpc) is 3.25. The Labute approximate surface area is 158 Å². The number of amides is 1. The minimum atomic E-state index is -0.790. The second-order valence-electron chi connectivity index (χ2n) is 7.62. The Bertz CT molecular complexity index is 718. The van der Waals surface area contributed by atoms with Gasteiger partial charge in [0.2, 0.25) is 0 Å². The van der Waals surface area contributed by atoms with Crippen LogP contribution in [0.25, 0.3) is 0 Å². The number of benzene rings is 1. The van der Waals surface area contributed by atoms with Gasteiger partial charge in [0, 0.05) is 26.2 Å². The Morgan fingerprint density at radius 3 is 3.04 bits per heavy atom. The van der Waals surface area contributed by atoms with Crippen molar-refractivity contribution in [1.82, 2.24) is 10.2 Å². The first-order valence-corrected chi connectivity index (χ1v) is 9.62. The molecule has 146 valence electrons. The molecule has 1 amide bonds. The van der Waals surface area contributed by atoms with Crippen molar-refractivity contribution in [2.45, 2.75) is 18.9 Å². The molecule has 1 aromatic carbocycles. The van der Waals surface area contributed by atoms with E-state index in [1.807, 2.05) is 12.1 Å². The van der Waals surface area contributed by atoms with Crippen LogP contribution in [-0.2, 0) is 14.3 Å². The SMILES string of the molecule is CCOC(=O)[C@@H]1CN(CC2CCOC2)C[C@]12COc1ccccc1C(=O)N2. The Hall–Kier alpha value is -2.12. The number of fused-ring (bicyclic) bond motifs is 1. The highest BCUT2D eigenvalue weighted by molar-refractivity contribution is 5.98. The van der Waals surface area contributed by atoms with Gasteiger partial charge in [-0.25, -0.2) is 0 Å². The van der Waals surface area contributed by atoms with Gasteiger partial charge in [-0.05, 0) is 31.4 Å². The van der Waals surface area contributed by atoms with Gasteiger partial charge in [-0.3, -0.25) is 14.5 Å². The van der Waals surface area contributed by atoms with Gasteiger partial charge >= 0.3 is 5.97 Å². The lowest BCUT2D eigenvalue weighted by molar-refractivity contribution is -0.150. The van der Waals surface area contributed by atoms with Crippen LogP contribution < -0.4 is 10.1 Å². The van der Waals surface area contributed by atoms with Crippen molar-refractivity contribution in [3.8, 4) is 5.75 Å². The molecule has 3 aliphatic heterocycles. The quantitative estimate of drug-likeness (QED) is 0.795. The van der Waals surface area contributed by atoms with Gasteiger partial charge in [0.05, 0.1) is 24.7 Å². The van der Waals surface area contributed by atoms with Crippen LogP contribution in [0.15, 0.2) is 24.3 Å². The molecule has 0 bridgehead atoms. The van der Waals surface area contributed by atoms with Crippen LogP contribution in [-0.4, -0.2) is 68.4 Å². The summed E-state index contributed by atoms with van der Waals surface area (Å²) in [5, 5.41) is 3.12. The maximum absolute atomic E-state index is 12.9. The van der Waals surface area contributed by atoms with E-state index >= 15 is 0 Å². The zero-order valence-corrected chi connectivity index (χ0v) is 15.6. The van der Waals surface area contributed by atoms with E-state index in [2.05, 4.69) is 10.2 Å². The molecule has 3 aliphatic rings. The number of nitrogens with one attached hydrogen (secondary N) is 1. The van der Waals surface area contributed by atoms with Crippen molar-refractivity contribution in [2.75, 3.05) is 46.1 Å². The maximum Gasteiger partial charge on any atom is 0.312 e. The largest absolute Gasteiger partial charge is 0.490 e. The highest BCUT2D eigenvalue weighted by Crippen LogP contribution is 2.34. The van der Waals surface area contributed by atoms with Crippen LogP contribution in [0, 0.1) is 11.8 Å². The molecule has 0 aromatic heterocycles. The van der Waals surface area contributed by atoms with Gasteiger partial charge in [-0.1, -0.05) is 12.1 Å². The first-order chi connectivity index (χ1) is 13.1. The van der Waals surface area contributed by atoms with E-state index in [1.54, 1.807) is 19.1 Å². The average molecular weight is 374 g/mol. The molecule has 2 saturated heterocycles. The lowest BCUT2D eigenvalue weighted by Gasteiger charge is -2.32. The van der Waals surface area contributed by atoms with Gasteiger partial charge in [-0.2, -0.15) is 0 Å². The lowest BCUT2D eigenvalue weighted by atomic mass is 9.87. The molecular formula is C20H26N2O5. The molecule has 2 fully saturated rings. The molecule has 3 heterocycles. The summed E-state index contributed by atoms with van der Waals surface area (Å²) in [4.78, 5) is 27.8. The summed E-state index contributed by atoms with van der Waals surface area (Å²) in [6, 6.07) is 7.18. The van der Waals surface area contributed by atoms with Crippen molar-refractivity contribution in [1.29, 1.82) is 0 Å². The van der Waals surface area contributed by atoms with Crippen LogP contribution in [0.3, 0.4) is 0 Å². The molecule has 7 nitrogen and oxygen atoms in total. The van der Waals surface area contributed by atoms with E-state index in [9.17, 15) is 9.59 Å². The summed E-state index contributed by atoms with van der Waals surface area (Å²) in [5.41, 5.74) is -0.290. The smallest absolute Gasteiger partial charge is 0.312 e. The fourth-order valence-electron chi connectivity index (χ4n) is 4.37. The van der Waals surface area contributed by atoms with E-state index in [4.69, 9.17) is 14.2 Å². The molecule has 7 heteroatoms. The summed E-state index contributed by atoms with van der Waals surface area (Å²) < 4.78 is 16.8. The number of ether oxygens (including phenoxy) is 3. The molecule has 1 N–H and O–H groups in total. The predicted molar refractivity (Wildman–Crippen MR) is 97.6 cm³/mol. The molecule has 0 radical (unpaired) electrons. The van der Waals surface area contributed by atoms with Crippen molar-refractivity contribution in [3.63, 3.8) is 0 Å². The zero-order valence-electron chi connectivity index (χ0n) is 15.6. The van der Waals surface area contributed by atoms with E-state index in [0.717, 1.165) is 26.2 Å². The molecule has 4 rings (SSSR count). The highest BCUT2D eigenvalue weighted by Gasteiger charge is 2.54. The first-order valence-electron chi connectivity index (χ1n) is 9.62. The highest BCUT2D eigenvalue weighted by atomic mass is 16.5.